The number of benzene rings is 2. The highest BCUT2D eigenvalue weighted by Crippen LogP contribution is 2.41. The van der Waals surface area contributed by atoms with E-state index in [4.69, 9.17) is 11.3 Å². The molecule has 8 nitrogen and oxygen atoms in total. The van der Waals surface area contributed by atoms with E-state index in [1.54, 1.807) is 37.8 Å². The Bertz CT molecular complexity index is 1510. The van der Waals surface area contributed by atoms with Crippen LogP contribution in [0.15, 0.2) is 48.5 Å². The van der Waals surface area contributed by atoms with E-state index in [-0.39, 0.29) is 23.7 Å². The molecule has 0 saturated carbocycles. The van der Waals surface area contributed by atoms with Crippen LogP contribution < -0.4 is 10.2 Å². The van der Waals surface area contributed by atoms with Crippen molar-refractivity contribution in [2.45, 2.75) is 57.8 Å². The first-order valence-corrected chi connectivity index (χ1v) is 15.0. The Morgan fingerprint density at radius 2 is 1.81 bits per heavy atom. The fourth-order valence-corrected chi connectivity index (χ4v) is 6.55. The third-order valence-electron chi connectivity index (χ3n) is 7.41. The third-order valence-corrected chi connectivity index (χ3v) is 8.58. The lowest BCUT2D eigenvalue weighted by molar-refractivity contribution is 0.0453. The Balaban J connectivity index is 1.43. The highest BCUT2D eigenvalue weighted by atomic mass is 32.1. The molecule has 2 atom stereocenters. The predicted octanol–water partition coefficient (Wildman–Crippen LogP) is 6.47. The van der Waals surface area contributed by atoms with Crippen LogP contribution in [-0.2, 0) is 4.74 Å². The number of likely N-dealkylation sites (tertiary alicyclic amines) is 1. The smallest absolute Gasteiger partial charge is 0.407 e. The van der Waals surface area contributed by atoms with E-state index in [1.165, 1.54) is 23.5 Å². The van der Waals surface area contributed by atoms with Crippen molar-refractivity contribution >= 4 is 34.7 Å². The zero-order chi connectivity index (χ0) is 30.0. The van der Waals surface area contributed by atoms with Crippen molar-refractivity contribution in [3.63, 3.8) is 0 Å². The summed E-state index contributed by atoms with van der Waals surface area (Å²) in [5, 5.41) is 12.8. The van der Waals surface area contributed by atoms with Crippen molar-refractivity contribution in [2.24, 2.45) is 0 Å². The molecule has 220 valence electrons. The zero-order valence-electron chi connectivity index (χ0n) is 24.0. The molecule has 3 aromatic rings. The first-order chi connectivity index (χ1) is 20.0. The minimum atomic E-state index is -0.613. The summed E-state index contributed by atoms with van der Waals surface area (Å²) in [6.07, 6.45) is 1.40. The van der Waals surface area contributed by atoms with Gasteiger partial charge in [0, 0.05) is 48.3 Å². The van der Waals surface area contributed by atoms with Crippen molar-refractivity contribution < 1.29 is 23.8 Å². The van der Waals surface area contributed by atoms with Gasteiger partial charge in [0.15, 0.2) is 0 Å². The lowest BCUT2D eigenvalue weighted by Crippen LogP contribution is -2.50. The largest absolute Gasteiger partial charge is 0.444 e. The minimum Gasteiger partial charge on any atom is -0.444 e. The number of aliphatic hydroxyl groups is 1. The molecule has 1 aromatic heterocycles. The Kier molecular flexibility index (Phi) is 8.53. The van der Waals surface area contributed by atoms with Gasteiger partial charge in [0.25, 0.3) is 5.91 Å². The van der Waals surface area contributed by atoms with Crippen LogP contribution in [0.5, 0.6) is 0 Å². The summed E-state index contributed by atoms with van der Waals surface area (Å²) in [5.41, 5.74) is 2.52. The van der Waals surface area contributed by atoms with E-state index in [0.29, 0.717) is 35.6 Å². The van der Waals surface area contributed by atoms with Gasteiger partial charge in [-0.15, -0.1) is 11.3 Å². The molecular weight excluding hydrogens is 555 g/mol. The van der Waals surface area contributed by atoms with Gasteiger partial charge in [0.1, 0.15) is 11.4 Å². The summed E-state index contributed by atoms with van der Waals surface area (Å²) in [4.78, 5) is 34.5. The highest BCUT2D eigenvalue weighted by molar-refractivity contribution is 7.18. The van der Waals surface area contributed by atoms with Crippen LogP contribution in [0.25, 0.3) is 26.4 Å². The van der Waals surface area contributed by atoms with Gasteiger partial charge >= 0.3 is 6.09 Å². The fourth-order valence-electron chi connectivity index (χ4n) is 5.40. The Morgan fingerprint density at radius 1 is 1.07 bits per heavy atom. The Morgan fingerprint density at radius 3 is 2.45 bits per heavy atom. The van der Waals surface area contributed by atoms with Crippen molar-refractivity contribution in [1.29, 1.82) is 0 Å². The van der Waals surface area contributed by atoms with E-state index in [0.717, 1.165) is 41.9 Å². The molecular formula is C32H35FN4O4S. The van der Waals surface area contributed by atoms with Crippen LogP contribution in [0.3, 0.4) is 0 Å². The molecule has 0 aliphatic carbocycles. The molecule has 0 radical (unpaired) electrons. The molecule has 0 bridgehead atoms. The molecule has 2 aliphatic rings. The van der Waals surface area contributed by atoms with Crippen LogP contribution in [0.1, 0.15) is 49.7 Å². The maximum Gasteiger partial charge on any atom is 0.407 e. The standard InChI is InChI=1S/C32H35FN4O4S/c1-32(2,3)41-31(40)35-22-6-5-14-37(18-22)30(39)28-17-25(21-9-12-27(34-4)26(33)16-21)29(42-28)20-7-10-23(11-8-20)36-15-13-24(38)19-36/h7-12,16-17,22,24,38H,5-6,13-15,18-19H2,1-3H3,(H,35,40)/t22-,24+/m1/s1. The number of rotatable bonds is 5. The summed E-state index contributed by atoms with van der Waals surface area (Å²) in [6, 6.07) is 14.0. The Hall–Kier alpha value is -3.94. The molecule has 42 heavy (non-hydrogen) atoms. The van der Waals surface area contributed by atoms with E-state index in [1.807, 2.05) is 24.3 Å². The number of halogens is 1. The normalized spacial score (nSPS) is 19.0. The number of piperidine rings is 1. The SMILES string of the molecule is [C-]#[N+]c1ccc(-c2cc(C(=O)N3CCC[C@@H](NC(=O)OC(C)(C)C)C3)sc2-c2ccc(N3CC[C@H](O)C3)cc2)cc1F. The molecule has 0 unspecified atom stereocenters. The summed E-state index contributed by atoms with van der Waals surface area (Å²) in [6.45, 7) is 14.9. The van der Waals surface area contributed by atoms with Crippen molar-refractivity contribution in [1.82, 2.24) is 10.2 Å². The van der Waals surface area contributed by atoms with E-state index in [2.05, 4.69) is 15.1 Å². The quantitative estimate of drug-likeness (QED) is 0.333. The number of nitrogens with one attached hydrogen (secondary N) is 1. The molecule has 2 amide bonds. The van der Waals surface area contributed by atoms with Crippen LogP contribution >= 0.6 is 11.3 Å². The lowest BCUT2D eigenvalue weighted by Gasteiger charge is -2.33. The van der Waals surface area contributed by atoms with Crippen molar-refractivity contribution in [2.75, 3.05) is 31.1 Å². The number of anilines is 1. The van der Waals surface area contributed by atoms with Gasteiger partial charge in [0.2, 0.25) is 5.69 Å². The number of carbonyl (C=O) groups excluding carboxylic acids is 2. The van der Waals surface area contributed by atoms with Gasteiger partial charge in [-0.25, -0.2) is 14.0 Å². The Labute approximate surface area is 249 Å². The first-order valence-electron chi connectivity index (χ1n) is 14.1. The van der Waals surface area contributed by atoms with Crippen molar-refractivity contribution in [3.05, 3.63) is 70.6 Å². The maximum absolute atomic E-state index is 14.7. The number of amides is 2. The summed E-state index contributed by atoms with van der Waals surface area (Å²) in [7, 11) is 0. The first kappa shape index (κ1) is 29.5. The highest BCUT2D eigenvalue weighted by Gasteiger charge is 2.29. The van der Waals surface area contributed by atoms with Crippen LogP contribution in [0, 0.1) is 12.4 Å². The molecule has 0 spiro atoms. The number of carbonyl (C=O) groups is 2. The number of nitrogens with zero attached hydrogens (tertiary/aromatic N) is 3. The zero-order valence-corrected chi connectivity index (χ0v) is 24.8. The number of thiophene rings is 1. The summed E-state index contributed by atoms with van der Waals surface area (Å²) < 4.78 is 20.1. The molecule has 2 aromatic carbocycles. The van der Waals surface area contributed by atoms with Gasteiger partial charge in [-0.3, -0.25) is 4.79 Å². The van der Waals surface area contributed by atoms with Gasteiger partial charge in [-0.2, -0.15) is 0 Å². The van der Waals surface area contributed by atoms with Gasteiger partial charge in [-0.05, 0) is 75.4 Å². The van der Waals surface area contributed by atoms with Gasteiger partial charge < -0.3 is 25.0 Å². The molecule has 3 heterocycles. The number of ether oxygens (including phenoxy) is 1. The monoisotopic (exact) mass is 590 g/mol. The van der Waals surface area contributed by atoms with Gasteiger partial charge in [0.05, 0.1) is 17.6 Å². The number of β-amino-alcohol motifs (C(OH)–C–C–N with tert-alkyl or cyclic N) is 1. The minimum absolute atomic E-state index is 0.0548. The summed E-state index contributed by atoms with van der Waals surface area (Å²) >= 11 is 1.35. The molecule has 2 N–H and O–H groups in total. The number of alkyl carbamates (subject to hydrolysis) is 1. The molecule has 2 fully saturated rings. The molecule has 2 saturated heterocycles. The second-order valence-corrected chi connectivity index (χ2v) is 12.9. The average Bonchev–Trinajstić information content (AvgIpc) is 3.59. The average molecular weight is 591 g/mol. The maximum atomic E-state index is 14.7. The van der Waals surface area contributed by atoms with Crippen LogP contribution in [-0.4, -0.2) is 65.9 Å². The molecule has 2 aliphatic heterocycles. The lowest BCUT2D eigenvalue weighted by atomic mass is 10.0. The van der Waals surface area contributed by atoms with Gasteiger partial charge in [-0.1, -0.05) is 24.3 Å². The topological polar surface area (TPSA) is 86.5 Å². The van der Waals surface area contributed by atoms with E-state index in [9.17, 15) is 19.1 Å². The fraction of sp³-hybridized carbons (Fsp3) is 0.406. The summed E-state index contributed by atoms with van der Waals surface area (Å²) in [5.74, 6) is -0.758. The molecule has 5 rings (SSSR count). The van der Waals surface area contributed by atoms with Crippen molar-refractivity contribution in [3.8, 4) is 21.6 Å². The number of aliphatic hydroxyl groups excluding tert-OH is 1. The number of hydrogen-bond donors (Lipinski definition) is 2. The van der Waals surface area contributed by atoms with Crippen LogP contribution in [0.4, 0.5) is 20.6 Å². The number of hydrogen-bond acceptors (Lipinski definition) is 6. The third kappa shape index (κ3) is 6.75. The van der Waals surface area contributed by atoms with Crippen LogP contribution in [0.2, 0.25) is 0 Å². The molecule has 10 heteroatoms. The van der Waals surface area contributed by atoms with E-state index < -0.39 is 17.5 Å². The second-order valence-electron chi connectivity index (χ2n) is 11.8. The second kappa shape index (κ2) is 12.1. The predicted molar refractivity (Wildman–Crippen MR) is 163 cm³/mol. The van der Waals surface area contributed by atoms with E-state index >= 15 is 0 Å².